The van der Waals surface area contributed by atoms with Crippen LogP contribution < -0.4 is 0 Å². The molecule has 2 aromatic carbocycles. The molecule has 0 saturated heterocycles. The average molecular weight is 482 g/mol. The SMILES string of the molecule is O[C@@H](c1ccc(-c2cccc(C(F)(F)F)c2)o1)[C@@H](O)c1ccc(-c2cccc(C(F)(F)F)c2)o1. The van der Waals surface area contributed by atoms with Crippen LogP contribution in [0.3, 0.4) is 0 Å². The summed E-state index contributed by atoms with van der Waals surface area (Å²) in [5, 5.41) is 21.0. The van der Waals surface area contributed by atoms with E-state index >= 15 is 0 Å². The van der Waals surface area contributed by atoms with Crippen molar-refractivity contribution in [3.63, 3.8) is 0 Å². The van der Waals surface area contributed by atoms with Gasteiger partial charge in [0.15, 0.2) is 0 Å². The van der Waals surface area contributed by atoms with Crippen molar-refractivity contribution in [2.24, 2.45) is 0 Å². The Morgan fingerprint density at radius 1 is 0.559 bits per heavy atom. The third kappa shape index (κ3) is 4.87. The molecular formula is C24H16F6O4. The van der Waals surface area contributed by atoms with E-state index < -0.39 is 35.7 Å². The van der Waals surface area contributed by atoms with Crippen LogP contribution in [0.2, 0.25) is 0 Å². The molecule has 0 unspecified atom stereocenters. The smallest absolute Gasteiger partial charge is 0.416 e. The maximum atomic E-state index is 12.9. The van der Waals surface area contributed by atoms with Crippen LogP contribution in [-0.2, 0) is 12.4 Å². The third-order valence-electron chi connectivity index (χ3n) is 5.08. The average Bonchev–Trinajstić information content (AvgIpc) is 3.47. The summed E-state index contributed by atoms with van der Waals surface area (Å²) in [6.07, 6.45) is -12.4. The van der Waals surface area contributed by atoms with Crippen molar-refractivity contribution in [1.29, 1.82) is 0 Å². The molecule has 4 aromatic rings. The molecule has 0 aliphatic rings. The first-order valence-electron chi connectivity index (χ1n) is 9.84. The second kappa shape index (κ2) is 8.69. The normalized spacial score (nSPS) is 14.2. The van der Waals surface area contributed by atoms with Crippen molar-refractivity contribution in [2.45, 2.75) is 24.6 Å². The molecule has 2 N–H and O–H groups in total. The Labute approximate surface area is 188 Å². The molecule has 2 aromatic heterocycles. The summed E-state index contributed by atoms with van der Waals surface area (Å²) < 4.78 is 88.6. The van der Waals surface area contributed by atoms with Crippen molar-refractivity contribution >= 4 is 0 Å². The summed E-state index contributed by atoms with van der Waals surface area (Å²) in [6.45, 7) is 0. The van der Waals surface area contributed by atoms with Crippen LogP contribution >= 0.6 is 0 Å². The molecule has 0 fully saturated rings. The fraction of sp³-hybridized carbons (Fsp3) is 0.167. The van der Waals surface area contributed by atoms with Gasteiger partial charge in [-0.3, -0.25) is 0 Å². The van der Waals surface area contributed by atoms with E-state index in [9.17, 15) is 36.6 Å². The van der Waals surface area contributed by atoms with Gasteiger partial charge in [-0.05, 0) is 48.5 Å². The van der Waals surface area contributed by atoms with Gasteiger partial charge in [0.2, 0.25) is 0 Å². The molecule has 0 saturated carbocycles. The number of hydrogen-bond donors (Lipinski definition) is 2. The number of hydrogen-bond acceptors (Lipinski definition) is 4. The Hall–Kier alpha value is -3.50. The molecule has 2 heterocycles. The Balaban J connectivity index is 1.54. The first kappa shape index (κ1) is 23.7. The second-order valence-corrected chi connectivity index (χ2v) is 7.45. The lowest BCUT2D eigenvalue weighted by Gasteiger charge is -2.14. The van der Waals surface area contributed by atoms with Crippen LogP contribution in [0, 0.1) is 0 Å². The topological polar surface area (TPSA) is 66.7 Å². The second-order valence-electron chi connectivity index (χ2n) is 7.45. The van der Waals surface area contributed by atoms with Crippen LogP contribution in [0.1, 0.15) is 34.9 Å². The molecule has 10 heteroatoms. The molecule has 0 aliphatic carbocycles. The van der Waals surface area contributed by atoms with Gasteiger partial charge in [0.05, 0.1) is 11.1 Å². The summed E-state index contributed by atoms with van der Waals surface area (Å²) in [5.74, 6) is -0.207. The van der Waals surface area contributed by atoms with Gasteiger partial charge in [0.25, 0.3) is 0 Å². The lowest BCUT2D eigenvalue weighted by Crippen LogP contribution is -2.08. The molecule has 0 radical (unpaired) electrons. The zero-order valence-corrected chi connectivity index (χ0v) is 17.1. The number of rotatable bonds is 5. The van der Waals surface area contributed by atoms with E-state index in [-0.39, 0.29) is 34.2 Å². The van der Waals surface area contributed by atoms with E-state index in [1.807, 2.05) is 0 Å². The number of aliphatic hydroxyl groups excluding tert-OH is 2. The van der Waals surface area contributed by atoms with E-state index in [1.165, 1.54) is 48.5 Å². The monoisotopic (exact) mass is 482 g/mol. The molecule has 0 bridgehead atoms. The van der Waals surface area contributed by atoms with Crippen LogP contribution in [0.25, 0.3) is 22.6 Å². The molecular weight excluding hydrogens is 466 g/mol. The molecule has 0 aliphatic heterocycles. The highest BCUT2D eigenvalue weighted by atomic mass is 19.4. The Bertz CT molecular complexity index is 1190. The van der Waals surface area contributed by atoms with E-state index in [0.29, 0.717) is 0 Å². The summed E-state index contributed by atoms with van der Waals surface area (Å²) in [7, 11) is 0. The minimum Gasteiger partial charge on any atom is -0.458 e. The van der Waals surface area contributed by atoms with E-state index in [0.717, 1.165) is 24.3 Å². The van der Waals surface area contributed by atoms with Gasteiger partial charge in [-0.1, -0.05) is 24.3 Å². The summed E-state index contributed by atoms with van der Waals surface area (Å²) in [4.78, 5) is 0. The van der Waals surface area contributed by atoms with Crippen LogP contribution in [0.4, 0.5) is 26.3 Å². The van der Waals surface area contributed by atoms with Gasteiger partial charge in [-0.2, -0.15) is 26.3 Å². The minimum absolute atomic E-state index is 0.0384. The quantitative estimate of drug-likeness (QED) is 0.300. The number of halogens is 6. The van der Waals surface area contributed by atoms with Crippen molar-refractivity contribution in [1.82, 2.24) is 0 Å². The summed E-state index contributed by atoms with van der Waals surface area (Å²) in [6, 6.07) is 14.1. The largest absolute Gasteiger partial charge is 0.458 e. The maximum absolute atomic E-state index is 12.9. The van der Waals surface area contributed by atoms with E-state index in [4.69, 9.17) is 8.83 Å². The third-order valence-corrected chi connectivity index (χ3v) is 5.08. The van der Waals surface area contributed by atoms with Crippen LogP contribution in [-0.4, -0.2) is 10.2 Å². The fourth-order valence-electron chi connectivity index (χ4n) is 3.34. The van der Waals surface area contributed by atoms with Gasteiger partial charge in [0, 0.05) is 11.1 Å². The van der Waals surface area contributed by atoms with Gasteiger partial charge in [-0.25, -0.2) is 0 Å². The van der Waals surface area contributed by atoms with Crippen LogP contribution in [0.15, 0.2) is 81.6 Å². The van der Waals surface area contributed by atoms with E-state index in [1.54, 1.807) is 0 Å². The van der Waals surface area contributed by atoms with Gasteiger partial charge in [0.1, 0.15) is 35.2 Å². The standard InChI is InChI=1S/C24H16F6O4/c25-23(26,27)15-5-1-3-13(11-15)17-7-9-19(33-17)21(31)22(32)20-10-8-18(34-20)14-4-2-6-16(12-14)24(28,29)30/h1-12,21-22,31-32H/t21-,22-/m0/s1. The lowest BCUT2D eigenvalue weighted by atomic mass is 10.1. The Morgan fingerprint density at radius 3 is 1.29 bits per heavy atom. The number of benzene rings is 2. The Morgan fingerprint density at radius 2 is 0.941 bits per heavy atom. The molecule has 178 valence electrons. The maximum Gasteiger partial charge on any atom is 0.416 e. The van der Waals surface area contributed by atoms with E-state index in [2.05, 4.69) is 0 Å². The number of alkyl halides is 6. The zero-order valence-electron chi connectivity index (χ0n) is 17.1. The van der Waals surface area contributed by atoms with Gasteiger partial charge in [-0.15, -0.1) is 0 Å². The predicted molar refractivity (Wildman–Crippen MR) is 108 cm³/mol. The molecule has 2 atom stereocenters. The first-order valence-corrected chi connectivity index (χ1v) is 9.84. The first-order chi connectivity index (χ1) is 15.9. The highest BCUT2D eigenvalue weighted by Gasteiger charge is 2.32. The highest BCUT2D eigenvalue weighted by molar-refractivity contribution is 5.60. The minimum atomic E-state index is -4.54. The molecule has 0 amide bonds. The van der Waals surface area contributed by atoms with Crippen molar-refractivity contribution < 1.29 is 45.4 Å². The Kier molecular flexibility index (Phi) is 6.05. The number of aliphatic hydroxyl groups is 2. The predicted octanol–water partition coefficient (Wildman–Crippen LogP) is 7.01. The fourth-order valence-corrected chi connectivity index (χ4v) is 3.34. The van der Waals surface area contributed by atoms with Crippen molar-refractivity contribution in [3.05, 3.63) is 95.4 Å². The highest BCUT2D eigenvalue weighted by Crippen LogP contribution is 2.37. The van der Waals surface area contributed by atoms with Gasteiger partial charge < -0.3 is 19.0 Å². The molecule has 34 heavy (non-hydrogen) atoms. The van der Waals surface area contributed by atoms with Crippen molar-refractivity contribution in [3.8, 4) is 22.6 Å². The van der Waals surface area contributed by atoms with Crippen molar-refractivity contribution in [2.75, 3.05) is 0 Å². The molecule has 4 rings (SSSR count). The molecule has 0 spiro atoms. The summed E-state index contributed by atoms with van der Waals surface area (Å²) >= 11 is 0. The molecule has 4 nitrogen and oxygen atoms in total. The van der Waals surface area contributed by atoms with Gasteiger partial charge >= 0.3 is 12.4 Å². The van der Waals surface area contributed by atoms with Crippen LogP contribution in [0.5, 0.6) is 0 Å². The zero-order chi connectivity index (χ0) is 24.7. The summed E-state index contributed by atoms with van der Waals surface area (Å²) in [5.41, 5.74) is -1.51. The lowest BCUT2D eigenvalue weighted by molar-refractivity contribution is -0.138. The number of furan rings is 2.